The lowest BCUT2D eigenvalue weighted by Crippen LogP contribution is -2.54. The Hall–Kier alpha value is -2.28. The van der Waals surface area contributed by atoms with E-state index in [-0.39, 0.29) is 11.9 Å². The Morgan fingerprint density at radius 3 is 3.00 bits per heavy atom. The fraction of sp³-hybridized carbons (Fsp3) is 0.286. The zero-order valence-electron chi connectivity index (χ0n) is 15.2. The molecule has 7 heteroatoms. The Morgan fingerprint density at radius 1 is 1.21 bits per heavy atom. The largest absolute Gasteiger partial charge is 0.493 e. The number of hydrogen-bond acceptors (Lipinski definition) is 5. The smallest absolute Gasteiger partial charge is 0.258 e. The van der Waals surface area contributed by atoms with E-state index < -0.39 is 0 Å². The van der Waals surface area contributed by atoms with E-state index in [0.717, 1.165) is 45.7 Å². The second-order valence-corrected chi connectivity index (χ2v) is 8.71. The maximum atomic E-state index is 13.2. The first-order chi connectivity index (χ1) is 13.6. The average molecular weight is 414 g/mol. The molecule has 0 bridgehead atoms. The van der Waals surface area contributed by atoms with E-state index in [9.17, 15) is 4.79 Å². The van der Waals surface area contributed by atoms with Crippen molar-refractivity contribution in [3.63, 3.8) is 0 Å². The summed E-state index contributed by atoms with van der Waals surface area (Å²) in [4.78, 5) is 15.1. The maximum Gasteiger partial charge on any atom is 0.258 e. The number of anilines is 1. The molecule has 0 unspecified atom stereocenters. The molecule has 5 rings (SSSR count). The molecule has 2 aliphatic rings. The molecule has 2 aliphatic heterocycles. The number of ether oxygens (including phenoxy) is 1. The van der Waals surface area contributed by atoms with Crippen molar-refractivity contribution >= 4 is 43.9 Å². The van der Waals surface area contributed by atoms with Crippen LogP contribution >= 0.6 is 22.9 Å². The lowest BCUT2D eigenvalue weighted by molar-refractivity contribution is 0.0576. The predicted octanol–water partition coefficient (Wildman–Crippen LogP) is 4.00. The Balaban J connectivity index is 1.63. The Labute approximate surface area is 172 Å². The summed E-state index contributed by atoms with van der Waals surface area (Å²) in [5, 5.41) is 5.72. The summed E-state index contributed by atoms with van der Waals surface area (Å²) in [5.41, 5.74) is 8.40. The maximum absolute atomic E-state index is 13.2. The number of nitrogens with zero attached hydrogens (tertiary/aromatic N) is 1. The number of fused-ring (bicyclic) bond motifs is 3. The molecule has 1 fully saturated rings. The summed E-state index contributed by atoms with van der Waals surface area (Å²) in [6.45, 7) is 2.89. The highest BCUT2D eigenvalue weighted by atomic mass is 35.5. The number of nitrogens with one attached hydrogen (secondary N) is 1. The second kappa shape index (κ2) is 6.95. The van der Waals surface area contributed by atoms with Gasteiger partial charge in [-0.15, -0.1) is 11.3 Å². The third-order valence-corrected chi connectivity index (χ3v) is 6.73. The van der Waals surface area contributed by atoms with E-state index in [1.807, 2.05) is 35.2 Å². The molecule has 144 valence electrons. The van der Waals surface area contributed by atoms with Gasteiger partial charge in [-0.3, -0.25) is 4.79 Å². The minimum absolute atomic E-state index is 0.00682. The molecule has 3 aromatic rings. The Kier molecular flexibility index (Phi) is 4.42. The van der Waals surface area contributed by atoms with Crippen LogP contribution in [0.25, 0.3) is 21.2 Å². The van der Waals surface area contributed by atoms with Crippen molar-refractivity contribution in [2.75, 3.05) is 32.0 Å². The number of rotatable bonds is 1. The van der Waals surface area contributed by atoms with E-state index in [1.165, 1.54) is 0 Å². The van der Waals surface area contributed by atoms with Crippen molar-refractivity contribution in [2.24, 2.45) is 0 Å². The fourth-order valence-electron chi connectivity index (χ4n) is 4.11. The standard InChI is InChI=1S/C21H20ClN3O2S/c22-17-8-16-18(27-7-4-12-11-24-5-6-25(12)21(16)26)9-14(17)13-2-1-3-19-15(13)10-20(23)28-19/h1-3,8-10,12,24H,4-7,11,23H2/t12-/m0/s1. The van der Waals surface area contributed by atoms with Crippen molar-refractivity contribution in [1.82, 2.24) is 10.2 Å². The number of halogens is 1. The molecule has 0 spiro atoms. The van der Waals surface area contributed by atoms with E-state index in [1.54, 1.807) is 17.4 Å². The molecule has 1 aromatic heterocycles. The summed E-state index contributed by atoms with van der Waals surface area (Å²) in [5.74, 6) is 0.592. The van der Waals surface area contributed by atoms with Crippen LogP contribution in [0, 0.1) is 0 Å². The van der Waals surface area contributed by atoms with E-state index >= 15 is 0 Å². The third kappa shape index (κ3) is 2.92. The summed E-state index contributed by atoms with van der Waals surface area (Å²) in [6, 6.07) is 11.9. The number of carbonyl (C=O) groups excluding carboxylic acids is 1. The van der Waals surface area contributed by atoms with Crippen molar-refractivity contribution in [1.29, 1.82) is 0 Å². The number of nitrogen functional groups attached to an aromatic ring is 1. The van der Waals surface area contributed by atoms with Crippen LogP contribution in [0.5, 0.6) is 5.75 Å². The topological polar surface area (TPSA) is 67.6 Å². The molecule has 2 aromatic carbocycles. The number of nitrogens with two attached hydrogens (primary N) is 1. The number of amides is 1. The number of carbonyl (C=O) groups is 1. The normalized spacial score (nSPS) is 19.5. The summed E-state index contributed by atoms with van der Waals surface area (Å²) >= 11 is 8.22. The van der Waals surface area contributed by atoms with Gasteiger partial charge in [0.25, 0.3) is 5.91 Å². The first kappa shape index (κ1) is 17.8. The molecular weight excluding hydrogens is 394 g/mol. The number of thiophene rings is 1. The van der Waals surface area contributed by atoms with Gasteiger partial charge >= 0.3 is 0 Å². The van der Waals surface area contributed by atoms with Crippen molar-refractivity contribution in [3.05, 3.63) is 47.0 Å². The fourth-order valence-corrected chi connectivity index (χ4v) is 5.23. The van der Waals surface area contributed by atoms with Gasteiger partial charge in [0.2, 0.25) is 0 Å². The third-order valence-electron chi connectivity index (χ3n) is 5.49. The number of hydrogen-bond donors (Lipinski definition) is 2. The minimum Gasteiger partial charge on any atom is -0.493 e. The lowest BCUT2D eigenvalue weighted by atomic mass is 9.98. The summed E-state index contributed by atoms with van der Waals surface area (Å²) in [6.07, 6.45) is 0.812. The molecular formula is C21H20ClN3O2S. The van der Waals surface area contributed by atoms with Crippen LogP contribution in [0.1, 0.15) is 16.8 Å². The zero-order chi connectivity index (χ0) is 19.3. The highest BCUT2D eigenvalue weighted by Gasteiger charge is 2.31. The molecule has 1 amide bonds. The van der Waals surface area contributed by atoms with Crippen LogP contribution in [-0.4, -0.2) is 43.1 Å². The number of piperazine rings is 1. The SMILES string of the molecule is Nc1cc2c(-c3cc4c(cc3Cl)C(=O)N3CCNC[C@@H]3CCO4)cccc2s1. The monoisotopic (exact) mass is 413 g/mol. The van der Waals surface area contributed by atoms with Crippen LogP contribution in [0.15, 0.2) is 36.4 Å². The second-order valence-electron chi connectivity index (χ2n) is 7.19. The van der Waals surface area contributed by atoms with Gasteiger partial charge in [-0.05, 0) is 29.8 Å². The van der Waals surface area contributed by atoms with Gasteiger partial charge < -0.3 is 20.7 Å². The number of benzene rings is 2. The first-order valence-electron chi connectivity index (χ1n) is 9.38. The molecule has 1 saturated heterocycles. The van der Waals surface area contributed by atoms with Gasteiger partial charge in [0.05, 0.1) is 17.2 Å². The van der Waals surface area contributed by atoms with Gasteiger partial charge in [-0.25, -0.2) is 0 Å². The Bertz CT molecular complexity index is 1080. The average Bonchev–Trinajstić information content (AvgIpc) is 3.08. The molecule has 0 radical (unpaired) electrons. The van der Waals surface area contributed by atoms with E-state index in [4.69, 9.17) is 22.1 Å². The van der Waals surface area contributed by atoms with Crippen LogP contribution in [0.2, 0.25) is 5.02 Å². The van der Waals surface area contributed by atoms with Crippen LogP contribution in [0.4, 0.5) is 5.00 Å². The van der Waals surface area contributed by atoms with Gasteiger partial charge in [0.1, 0.15) is 5.75 Å². The summed E-state index contributed by atoms with van der Waals surface area (Å²) < 4.78 is 7.14. The molecule has 5 nitrogen and oxygen atoms in total. The Morgan fingerprint density at radius 2 is 2.11 bits per heavy atom. The highest BCUT2D eigenvalue weighted by molar-refractivity contribution is 7.22. The minimum atomic E-state index is -0.00682. The molecule has 3 heterocycles. The van der Waals surface area contributed by atoms with E-state index in [2.05, 4.69) is 5.32 Å². The summed E-state index contributed by atoms with van der Waals surface area (Å²) in [7, 11) is 0. The van der Waals surface area contributed by atoms with Gasteiger partial charge in [-0.2, -0.15) is 0 Å². The van der Waals surface area contributed by atoms with Gasteiger partial charge in [0.15, 0.2) is 0 Å². The predicted molar refractivity (Wildman–Crippen MR) is 114 cm³/mol. The molecule has 0 saturated carbocycles. The van der Waals surface area contributed by atoms with Crippen LogP contribution < -0.4 is 15.8 Å². The quantitative estimate of drug-likeness (QED) is 0.632. The van der Waals surface area contributed by atoms with Crippen molar-refractivity contribution in [2.45, 2.75) is 12.5 Å². The van der Waals surface area contributed by atoms with E-state index in [0.29, 0.717) is 29.5 Å². The van der Waals surface area contributed by atoms with Gasteiger partial charge in [-0.1, -0.05) is 23.7 Å². The molecule has 28 heavy (non-hydrogen) atoms. The molecule has 1 atom stereocenters. The van der Waals surface area contributed by atoms with Crippen molar-refractivity contribution < 1.29 is 9.53 Å². The molecule has 3 N–H and O–H groups in total. The van der Waals surface area contributed by atoms with Crippen molar-refractivity contribution in [3.8, 4) is 16.9 Å². The van der Waals surface area contributed by atoms with Gasteiger partial charge in [0, 0.05) is 52.8 Å². The zero-order valence-corrected chi connectivity index (χ0v) is 16.8. The first-order valence-corrected chi connectivity index (χ1v) is 10.6. The van der Waals surface area contributed by atoms with Crippen LogP contribution in [-0.2, 0) is 0 Å². The molecule has 0 aliphatic carbocycles. The highest BCUT2D eigenvalue weighted by Crippen LogP contribution is 2.41. The lowest BCUT2D eigenvalue weighted by Gasteiger charge is -2.38. The van der Waals surface area contributed by atoms with Crippen LogP contribution in [0.3, 0.4) is 0 Å².